The molecule has 2 N–H and O–H groups in total. The topological polar surface area (TPSA) is 88.7 Å². The zero-order chi connectivity index (χ0) is 23.2. The van der Waals surface area contributed by atoms with Crippen LogP contribution in [-0.4, -0.2) is 25.7 Å². The predicted molar refractivity (Wildman–Crippen MR) is 115 cm³/mol. The highest BCUT2D eigenvalue weighted by atomic mass is 19.4. The number of anilines is 1. The van der Waals surface area contributed by atoms with Crippen LogP contribution in [0.15, 0.2) is 71.7 Å². The summed E-state index contributed by atoms with van der Waals surface area (Å²) in [5.41, 5.74) is 2.96. The van der Waals surface area contributed by atoms with Crippen LogP contribution in [0.5, 0.6) is 0 Å². The van der Waals surface area contributed by atoms with E-state index in [9.17, 15) is 18.0 Å². The number of nitrogens with zero attached hydrogens (tertiary/aromatic N) is 3. The summed E-state index contributed by atoms with van der Waals surface area (Å²) in [6.07, 6.45) is 1.94. The summed E-state index contributed by atoms with van der Waals surface area (Å²) in [5, 5.41) is 7.87. The SMILES string of the molecule is Cc1nc(C(=O)Nc2c[nH]c3ccc(-c4cnn(-c5ccc(C(F)(F)F)cc5)c4)cc23)co1. The molecule has 0 aliphatic rings. The Balaban J connectivity index is 1.42. The highest BCUT2D eigenvalue weighted by Crippen LogP contribution is 2.31. The molecule has 2 aromatic carbocycles. The molecule has 0 unspecified atom stereocenters. The summed E-state index contributed by atoms with van der Waals surface area (Å²) in [7, 11) is 0. The van der Waals surface area contributed by atoms with Crippen molar-refractivity contribution in [3.05, 3.63) is 84.5 Å². The average Bonchev–Trinajstić information content (AvgIpc) is 3.53. The minimum absolute atomic E-state index is 0.177. The van der Waals surface area contributed by atoms with Gasteiger partial charge in [0.2, 0.25) is 0 Å². The minimum Gasteiger partial charge on any atom is -0.448 e. The molecule has 3 heterocycles. The van der Waals surface area contributed by atoms with Gasteiger partial charge >= 0.3 is 6.18 Å². The number of aromatic amines is 1. The number of rotatable bonds is 4. The highest BCUT2D eigenvalue weighted by molar-refractivity contribution is 6.08. The number of hydrogen-bond donors (Lipinski definition) is 2. The van der Waals surface area contributed by atoms with Crippen molar-refractivity contribution in [2.75, 3.05) is 5.32 Å². The van der Waals surface area contributed by atoms with E-state index in [1.54, 1.807) is 25.5 Å². The van der Waals surface area contributed by atoms with Crippen LogP contribution >= 0.6 is 0 Å². The first-order valence-electron chi connectivity index (χ1n) is 9.85. The van der Waals surface area contributed by atoms with E-state index in [-0.39, 0.29) is 5.69 Å². The molecule has 5 aromatic rings. The van der Waals surface area contributed by atoms with Gasteiger partial charge in [-0.05, 0) is 42.0 Å². The fourth-order valence-electron chi connectivity index (χ4n) is 3.47. The smallest absolute Gasteiger partial charge is 0.416 e. The third-order valence-electron chi connectivity index (χ3n) is 5.16. The van der Waals surface area contributed by atoms with Crippen LogP contribution < -0.4 is 5.32 Å². The first kappa shape index (κ1) is 20.6. The molecule has 0 atom stereocenters. The third-order valence-corrected chi connectivity index (χ3v) is 5.16. The molecule has 0 fully saturated rings. The van der Waals surface area contributed by atoms with Gasteiger partial charge in [0.15, 0.2) is 11.6 Å². The summed E-state index contributed by atoms with van der Waals surface area (Å²) in [6, 6.07) is 10.4. The molecular weight excluding hydrogens is 435 g/mol. The number of amides is 1. The Bertz CT molecular complexity index is 1460. The monoisotopic (exact) mass is 451 g/mol. The lowest BCUT2D eigenvalue weighted by molar-refractivity contribution is -0.137. The Hall–Kier alpha value is -4.34. The first-order chi connectivity index (χ1) is 15.8. The molecule has 3 aromatic heterocycles. The fourth-order valence-corrected chi connectivity index (χ4v) is 3.47. The maximum atomic E-state index is 12.8. The normalized spacial score (nSPS) is 11.8. The quantitative estimate of drug-likeness (QED) is 0.373. The van der Waals surface area contributed by atoms with Crippen LogP contribution in [0.2, 0.25) is 0 Å². The highest BCUT2D eigenvalue weighted by Gasteiger charge is 2.30. The standard InChI is InChI=1S/C23H16F3N5O2/c1-13-29-21(12-33-13)22(32)30-20-10-27-19-7-2-14(8-18(19)20)15-9-28-31(11-15)17-5-3-16(4-6-17)23(24,25)26/h2-12,27H,1H3,(H,30,32). The van der Waals surface area contributed by atoms with E-state index in [4.69, 9.17) is 4.42 Å². The van der Waals surface area contributed by atoms with Gasteiger partial charge in [0, 0.05) is 35.8 Å². The number of aryl methyl sites for hydroxylation is 1. The molecule has 5 rings (SSSR count). The second kappa shape index (κ2) is 7.66. The van der Waals surface area contributed by atoms with Crippen LogP contribution in [0.4, 0.5) is 18.9 Å². The van der Waals surface area contributed by atoms with Crippen LogP contribution in [0, 0.1) is 6.92 Å². The Morgan fingerprint density at radius 1 is 1.12 bits per heavy atom. The van der Waals surface area contributed by atoms with Crippen molar-refractivity contribution in [2.45, 2.75) is 13.1 Å². The van der Waals surface area contributed by atoms with Gasteiger partial charge in [-0.3, -0.25) is 4.79 Å². The van der Waals surface area contributed by atoms with Crippen molar-refractivity contribution >= 4 is 22.5 Å². The summed E-state index contributed by atoms with van der Waals surface area (Å²) < 4.78 is 45.0. The number of hydrogen-bond acceptors (Lipinski definition) is 4. The second-order valence-corrected chi connectivity index (χ2v) is 7.39. The lowest BCUT2D eigenvalue weighted by atomic mass is 10.1. The van der Waals surface area contributed by atoms with E-state index < -0.39 is 17.6 Å². The van der Waals surface area contributed by atoms with Gasteiger partial charge in [0.05, 0.1) is 23.1 Å². The largest absolute Gasteiger partial charge is 0.448 e. The molecule has 0 spiro atoms. The molecule has 1 amide bonds. The summed E-state index contributed by atoms with van der Waals surface area (Å²) in [4.78, 5) is 19.6. The number of H-pyrrole nitrogens is 1. The predicted octanol–water partition coefficient (Wildman–Crippen LogP) is 5.59. The van der Waals surface area contributed by atoms with E-state index in [0.717, 1.165) is 34.2 Å². The lowest BCUT2D eigenvalue weighted by Gasteiger charge is -2.07. The molecule has 0 aliphatic heterocycles. The van der Waals surface area contributed by atoms with Gasteiger partial charge in [0.1, 0.15) is 6.26 Å². The molecule has 33 heavy (non-hydrogen) atoms. The maximum absolute atomic E-state index is 12.8. The van der Waals surface area contributed by atoms with Gasteiger partial charge in [0.25, 0.3) is 5.91 Å². The zero-order valence-electron chi connectivity index (χ0n) is 17.1. The van der Waals surface area contributed by atoms with Crippen LogP contribution in [0.1, 0.15) is 21.9 Å². The molecule has 0 radical (unpaired) electrons. The van der Waals surface area contributed by atoms with Crippen LogP contribution in [-0.2, 0) is 6.18 Å². The maximum Gasteiger partial charge on any atom is 0.416 e. The van der Waals surface area contributed by atoms with Gasteiger partial charge in [-0.25, -0.2) is 9.67 Å². The Labute approximate surface area is 184 Å². The fraction of sp³-hybridized carbons (Fsp3) is 0.0870. The number of aromatic nitrogens is 4. The van der Waals surface area contributed by atoms with Crippen molar-refractivity contribution in [1.29, 1.82) is 0 Å². The van der Waals surface area contributed by atoms with Crippen molar-refractivity contribution in [3.63, 3.8) is 0 Å². The van der Waals surface area contributed by atoms with E-state index in [1.165, 1.54) is 23.1 Å². The third kappa shape index (κ3) is 3.98. The zero-order valence-corrected chi connectivity index (χ0v) is 17.1. The molecular formula is C23H16F3N5O2. The number of benzene rings is 2. The van der Waals surface area contributed by atoms with E-state index in [2.05, 4.69) is 20.4 Å². The van der Waals surface area contributed by atoms with Gasteiger partial charge in [-0.15, -0.1) is 0 Å². The number of carbonyl (C=O) groups excluding carboxylic acids is 1. The van der Waals surface area contributed by atoms with Crippen molar-refractivity contribution in [3.8, 4) is 16.8 Å². The molecule has 0 aliphatic carbocycles. The molecule has 0 saturated heterocycles. The van der Waals surface area contributed by atoms with Crippen molar-refractivity contribution in [2.24, 2.45) is 0 Å². The number of oxazole rings is 1. The molecule has 166 valence electrons. The second-order valence-electron chi connectivity index (χ2n) is 7.39. The Morgan fingerprint density at radius 2 is 1.91 bits per heavy atom. The van der Waals surface area contributed by atoms with E-state index in [0.29, 0.717) is 17.3 Å². The molecule has 0 saturated carbocycles. The first-order valence-corrected chi connectivity index (χ1v) is 9.85. The van der Waals surface area contributed by atoms with Gasteiger partial charge < -0.3 is 14.7 Å². The van der Waals surface area contributed by atoms with Crippen molar-refractivity contribution < 1.29 is 22.4 Å². The van der Waals surface area contributed by atoms with E-state index >= 15 is 0 Å². The average molecular weight is 451 g/mol. The number of fused-ring (bicyclic) bond motifs is 1. The molecule has 7 nitrogen and oxygen atoms in total. The van der Waals surface area contributed by atoms with Crippen LogP contribution in [0.3, 0.4) is 0 Å². The van der Waals surface area contributed by atoms with Gasteiger partial charge in [-0.2, -0.15) is 18.3 Å². The number of nitrogens with one attached hydrogen (secondary N) is 2. The Kier molecular flexibility index (Phi) is 4.77. The van der Waals surface area contributed by atoms with E-state index in [1.807, 2.05) is 18.2 Å². The minimum atomic E-state index is -4.39. The summed E-state index contributed by atoms with van der Waals surface area (Å²) in [5.74, 6) is -0.000280. The number of alkyl halides is 3. The summed E-state index contributed by atoms with van der Waals surface area (Å²) >= 11 is 0. The molecule has 10 heteroatoms. The Morgan fingerprint density at radius 3 is 2.61 bits per heavy atom. The van der Waals surface area contributed by atoms with Crippen LogP contribution in [0.25, 0.3) is 27.7 Å². The van der Waals surface area contributed by atoms with Crippen molar-refractivity contribution in [1.82, 2.24) is 19.7 Å². The number of carbonyl (C=O) groups is 1. The van der Waals surface area contributed by atoms with Gasteiger partial charge in [-0.1, -0.05) is 6.07 Å². The lowest BCUT2D eigenvalue weighted by Crippen LogP contribution is -2.11. The number of halogens is 3. The molecule has 0 bridgehead atoms. The summed E-state index contributed by atoms with van der Waals surface area (Å²) in [6.45, 7) is 1.65.